The van der Waals surface area contributed by atoms with Crippen molar-refractivity contribution in [1.82, 2.24) is 10.3 Å². The maximum absolute atomic E-state index is 12.6. The molecule has 3 aromatic rings. The van der Waals surface area contributed by atoms with E-state index in [-0.39, 0.29) is 5.91 Å². The number of nitrogens with one attached hydrogen (secondary N) is 1. The Labute approximate surface area is 163 Å². The summed E-state index contributed by atoms with van der Waals surface area (Å²) in [7, 11) is 1.29. The fourth-order valence-electron chi connectivity index (χ4n) is 2.35. The summed E-state index contributed by atoms with van der Waals surface area (Å²) in [5.41, 5.74) is 1.58. The lowest BCUT2D eigenvalue weighted by molar-refractivity contribution is -0.143. The summed E-state index contributed by atoms with van der Waals surface area (Å²) in [4.78, 5) is 29.5. The predicted octanol–water partition coefficient (Wildman–Crippen LogP) is 4.22. The van der Waals surface area contributed by atoms with Gasteiger partial charge in [0.1, 0.15) is 9.88 Å². The number of rotatable bonds is 5. The van der Waals surface area contributed by atoms with Crippen LogP contribution >= 0.6 is 27.3 Å². The van der Waals surface area contributed by atoms with Gasteiger partial charge in [0.15, 0.2) is 6.04 Å². The van der Waals surface area contributed by atoms with Gasteiger partial charge in [-0.3, -0.25) is 4.79 Å². The number of esters is 1. The van der Waals surface area contributed by atoms with E-state index >= 15 is 0 Å². The third-order valence-corrected chi connectivity index (χ3v) is 5.24. The first-order valence-electron chi connectivity index (χ1n) is 7.74. The Morgan fingerprint density at radius 2 is 1.81 bits per heavy atom. The molecule has 0 aliphatic carbocycles. The number of nitrogens with zero attached hydrogens (tertiary/aromatic N) is 1. The Morgan fingerprint density at radius 3 is 2.46 bits per heavy atom. The number of amides is 1. The zero-order valence-corrected chi connectivity index (χ0v) is 16.2. The number of carbonyl (C=O) groups is 2. The Bertz CT molecular complexity index is 910. The Morgan fingerprint density at radius 1 is 1.12 bits per heavy atom. The summed E-state index contributed by atoms with van der Waals surface area (Å²) >= 11 is 4.62. The van der Waals surface area contributed by atoms with Crippen molar-refractivity contribution in [2.45, 2.75) is 6.04 Å². The molecule has 0 aliphatic rings. The van der Waals surface area contributed by atoms with Crippen LogP contribution in [-0.4, -0.2) is 24.0 Å². The van der Waals surface area contributed by atoms with Crippen LogP contribution in [-0.2, 0) is 9.53 Å². The van der Waals surface area contributed by atoms with Crippen molar-refractivity contribution >= 4 is 39.1 Å². The van der Waals surface area contributed by atoms with E-state index in [0.717, 1.165) is 15.0 Å². The number of ether oxygens (including phenoxy) is 1. The molecule has 1 heterocycles. The van der Waals surface area contributed by atoms with Crippen LogP contribution in [0.3, 0.4) is 0 Å². The van der Waals surface area contributed by atoms with Crippen LogP contribution in [0.15, 0.2) is 65.3 Å². The van der Waals surface area contributed by atoms with Crippen LogP contribution in [0.5, 0.6) is 0 Å². The van der Waals surface area contributed by atoms with E-state index in [1.807, 2.05) is 30.3 Å². The second kappa shape index (κ2) is 8.25. The third-order valence-electron chi connectivity index (χ3n) is 3.67. The van der Waals surface area contributed by atoms with E-state index in [9.17, 15) is 9.59 Å². The molecule has 7 heteroatoms. The third kappa shape index (κ3) is 4.17. The average Bonchev–Trinajstić information content (AvgIpc) is 3.17. The molecule has 1 amide bonds. The van der Waals surface area contributed by atoms with Crippen LogP contribution in [0, 0.1) is 0 Å². The maximum Gasteiger partial charge on any atom is 0.333 e. The van der Waals surface area contributed by atoms with Crippen LogP contribution in [0.25, 0.3) is 10.6 Å². The van der Waals surface area contributed by atoms with Crippen molar-refractivity contribution in [1.29, 1.82) is 0 Å². The molecule has 1 unspecified atom stereocenters. The summed E-state index contributed by atoms with van der Waals surface area (Å²) in [5.74, 6) is -0.906. The first-order valence-corrected chi connectivity index (χ1v) is 9.35. The summed E-state index contributed by atoms with van der Waals surface area (Å²) in [6, 6.07) is 15.8. The molecular formula is C19H15BrN2O3S. The van der Waals surface area contributed by atoms with Gasteiger partial charge in [0.2, 0.25) is 0 Å². The number of halogens is 1. The second-order valence-corrected chi connectivity index (χ2v) is 7.32. The predicted molar refractivity (Wildman–Crippen MR) is 104 cm³/mol. The molecule has 5 nitrogen and oxygen atoms in total. The molecule has 0 aliphatic heterocycles. The van der Waals surface area contributed by atoms with Crippen molar-refractivity contribution in [3.63, 3.8) is 0 Å². The lowest BCUT2D eigenvalue weighted by atomic mass is 10.1. The highest BCUT2D eigenvalue weighted by molar-refractivity contribution is 9.10. The minimum Gasteiger partial charge on any atom is -0.467 e. The number of carbonyl (C=O) groups excluding carboxylic acids is 2. The molecule has 1 N–H and O–H groups in total. The molecule has 0 saturated heterocycles. The van der Waals surface area contributed by atoms with Crippen LogP contribution < -0.4 is 5.32 Å². The monoisotopic (exact) mass is 430 g/mol. The number of hydrogen-bond donors (Lipinski definition) is 1. The van der Waals surface area contributed by atoms with Crippen LogP contribution in [0.2, 0.25) is 0 Å². The normalized spacial score (nSPS) is 11.6. The zero-order chi connectivity index (χ0) is 18.5. The molecule has 26 heavy (non-hydrogen) atoms. The fourth-order valence-corrected chi connectivity index (χ4v) is 3.44. The van der Waals surface area contributed by atoms with Gasteiger partial charge in [0.05, 0.1) is 13.3 Å². The summed E-state index contributed by atoms with van der Waals surface area (Å²) in [6.07, 6.45) is 1.51. The highest BCUT2D eigenvalue weighted by Gasteiger charge is 2.25. The van der Waals surface area contributed by atoms with Gasteiger partial charge in [-0.2, -0.15) is 0 Å². The van der Waals surface area contributed by atoms with E-state index in [4.69, 9.17) is 4.74 Å². The number of benzene rings is 2. The zero-order valence-electron chi connectivity index (χ0n) is 13.8. The molecule has 0 bridgehead atoms. The van der Waals surface area contributed by atoms with Gasteiger partial charge in [0, 0.05) is 10.0 Å². The Hall–Kier alpha value is -2.51. The van der Waals surface area contributed by atoms with E-state index in [2.05, 4.69) is 26.2 Å². The van der Waals surface area contributed by atoms with E-state index in [1.54, 1.807) is 24.3 Å². The molecule has 2 aromatic carbocycles. The van der Waals surface area contributed by atoms with Crippen LogP contribution in [0.1, 0.15) is 21.3 Å². The number of hydrogen-bond acceptors (Lipinski definition) is 5. The quantitative estimate of drug-likeness (QED) is 0.615. The van der Waals surface area contributed by atoms with Crippen molar-refractivity contribution in [3.8, 4) is 10.6 Å². The molecule has 0 spiro atoms. The van der Waals surface area contributed by atoms with Crippen molar-refractivity contribution in [2.24, 2.45) is 0 Å². The lowest BCUT2D eigenvalue weighted by Crippen LogP contribution is -2.34. The van der Waals surface area contributed by atoms with Crippen molar-refractivity contribution in [2.75, 3.05) is 7.11 Å². The Balaban J connectivity index is 1.81. The summed E-state index contributed by atoms with van der Waals surface area (Å²) in [5, 5.41) is 3.47. The van der Waals surface area contributed by atoms with E-state index in [1.165, 1.54) is 24.6 Å². The first kappa shape index (κ1) is 18.3. The van der Waals surface area contributed by atoms with Gasteiger partial charge < -0.3 is 10.1 Å². The minimum atomic E-state index is -0.886. The second-order valence-electron chi connectivity index (χ2n) is 5.38. The van der Waals surface area contributed by atoms with Gasteiger partial charge in [-0.25, -0.2) is 9.78 Å². The maximum atomic E-state index is 12.6. The van der Waals surface area contributed by atoms with Gasteiger partial charge in [-0.1, -0.05) is 58.4 Å². The van der Waals surface area contributed by atoms with E-state index < -0.39 is 12.0 Å². The molecule has 0 radical (unpaired) electrons. The van der Waals surface area contributed by atoms with Crippen LogP contribution in [0.4, 0.5) is 0 Å². The molecule has 0 fully saturated rings. The molecule has 1 atom stereocenters. The number of methoxy groups -OCH3 is 1. The SMILES string of the molecule is COC(=O)C(NC(=O)c1cnc(-c2ccccc2)s1)c1ccc(Br)cc1. The standard InChI is InChI=1S/C19H15BrN2O3S/c1-25-19(24)16(12-7-9-14(20)10-8-12)22-17(23)15-11-21-18(26-15)13-5-3-2-4-6-13/h2-11,16H,1H3,(H,22,23). The minimum absolute atomic E-state index is 0.372. The molecule has 132 valence electrons. The summed E-state index contributed by atoms with van der Waals surface area (Å²) in [6.45, 7) is 0. The van der Waals surface area contributed by atoms with Gasteiger partial charge in [-0.05, 0) is 17.7 Å². The average molecular weight is 431 g/mol. The highest BCUT2D eigenvalue weighted by Crippen LogP contribution is 2.26. The van der Waals surface area contributed by atoms with Gasteiger partial charge in [-0.15, -0.1) is 11.3 Å². The van der Waals surface area contributed by atoms with Gasteiger partial charge >= 0.3 is 5.97 Å². The molecular weight excluding hydrogens is 416 g/mol. The van der Waals surface area contributed by atoms with Crippen molar-refractivity contribution in [3.05, 3.63) is 75.7 Å². The largest absolute Gasteiger partial charge is 0.467 e. The molecule has 1 aromatic heterocycles. The van der Waals surface area contributed by atoms with Crippen molar-refractivity contribution < 1.29 is 14.3 Å². The number of aromatic nitrogens is 1. The van der Waals surface area contributed by atoms with E-state index in [0.29, 0.717) is 10.4 Å². The molecule has 0 saturated carbocycles. The number of thiazole rings is 1. The van der Waals surface area contributed by atoms with Gasteiger partial charge in [0.25, 0.3) is 5.91 Å². The topological polar surface area (TPSA) is 68.3 Å². The fraction of sp³-hybridized carbons (Fsp3) is 0.105. The highest BCUT2D eigenvalue weighted by atomic mass is 79.9. The molecule has 3 rings (SSSR count). The summed E-state index contributed by atoms with van der Waals surface area (Å²) < 4.78 is 5.71. The smallest absolute Gasteiger partial charge is 0.333 e. The Kier molecular flexibility index (Phi) is 5.80. The first-order chi connectivity index (χ1) is 12.6. The lowest BCUT2D eigenvalue weighted by Gasteiger charge is -2.16.